The van der Waals surface area contributed by atoms with E-state index < -0.39 is 29.2 Å². The summed E-state index contributed by atoms with van der Waals surface area (Å²) in [6, 6.07) is 2.26. The Morgan fingerprint density at radius 3 is 2.14 bits per heavy atom. The molecular formula is C21H30F2N2O3. The highest BCUT2D eigenvalue weighted by Crippen LogP contribution is 2.28. The summed E-state index contributed by atoms with van der Waals surface area (Å²) in [6.45, 7) is 1.97. The molecule has 1 aromatic rings. The largest absolute Gasteiger partial charge is 0.371 e. The van der Waals surface area contributed by atoms with Crippen LogP contribution < -0.4 is 0 Å². The lowest BCUT2D eigenvalue weighted by molar-refractivity contribution is -0.144. The van der Waals surface area contributed by atoms with Gasteiger partial charge < -0.3 is 14.5 Å². The van der Waals surface area contributed by atoms with Crippen molar-refractivity contribution in [3.8, 4) is 0 Å². The van der Waals surface area contributed by atoms with Crippen molar-refractivity contribution in [2.45, 2.75) is 45.1 Å². The molecule has 0 aromatic heterocycles. The minimum absolute atomic E-state index is 0.122. The van der Waals surface area contributed by atoms with Crippen LogP contribution in [0.3, 0.4) is 0 Å². The van der Waals surface area contributed by atoms with E-state index in [1.165, 1.54) is 23.3 Å². The molecule has 0 bridgehead atoms. The number of likely N-dealkylation sites (N-methyl/N-ethyl adjacent to an activating group) is 2. The van der Waals surface area contributed by atoms with E-state index in [0.29, 0.717) is 5.56 Å². The van der Waals surface area contributed by atoms with Crippen LogP contribution in [0.2, 0.25) is 0 Å². The van der Waals surface area contributed by atoms with Gasteiger partial charge in [0, 0.05) is 34.3 Å². The van der Waals surface area contributed by atoms with E-state index in [1.807, 2.05) is 0 Å². The first kappa shape index (κ1) is 22.3. The van der Waals surface area contributed by atoms with Gasteiger partial charge in [0.05, 0.1) is 0 Å². The van der Waals surface area contributed by atoms with Gasteiger partial charge in [-0.1, -0.05) is 19.3 Å². The van der Waals surface area contributed by atoms with Crippen molar-refractivity contribution < 1.29 is 23.1 Å². The number of aryl methyl sites for hydroxylation is 1. The van der Waals surface area contributed by atoms with Gasteiger partial charge in [-0.2, -0.15) is 0 Å². The van der Waals surface area contributed by atoms with E-state index in [1.54, 1.807) is 21.1 Å². The lowest BCUT2D eigenvalue weighted by Crippen LogP contribution is -2.45. The Labute approximate surface area is 165 Å². The first-order valence-corrected chi connectivity index (χ1v) is 9.75. The second kappa shape index (κ2) is 9.96. The Balaban J connectivity index is 1.96. The smallest absolute Gasteiger partial charge is 0.259 e. The first-order valence-electron chi connectivity index (χ1n) is 9.75. The van der Waals surface area contributed by atoms with Crippen LogP contribution in [0.15, 0.2) is 12.1 Å². The third-order valence-electron chi connectivity index (χ3n) is 5.47. The number of halogens is 2. The zero-order valence-corrected chi connectivity index (χ0v) is 17.1. The maximum atomic E-state index is 14.0. The molecule has 1 saturated carbocycles. The molecule has 0 heterocycles. The van der Waals surface area contributed by atoms with Gasteiger partial charge in [-0.25, -0.2) is 8.78 Å². The Bertz CT molecular complexity index is 682. The molecule has 156 valence electrons. The van der Waals surface area contributed by atoms with Crippen LogP contribution in [0, 0.1) is 24.5 Å². The zero-order chi connectivity index (χ0) is 20.8. The van der Waals surface area contributed by atoms with Crippen molar-refractivity contribution in [3.05, 3.63) is 34.9 Å². The van der Waals surface area contributed by atoms with E-state index in [-0.39, 0.29) is 24.9 Å². The van der Waals surface area contributed by atoms with Gasteiger partial charge in [0.25, 0.3) is 11.8 Å². The molecule has 1 aliphatic carbocycles. The Morgan fingerprint density at radius 1 is 1.07 bits per heavy atom. The van der Waals surface area contributed by atoms with Gasteiger partial charge in [0.1, 0.15) is 23.3 Å². The highest BCUT2D eigenvalue weighted by Gasteiger charge is 2.31. The quantitative estimate of drug-likeness (QED) is 0.710. The summed E-state index contributed by atoms with van der Waals surface area (Å²) < 4.78 is 33.5. The number of hydrogen-bond donors (Lipinski definition) is 0. The fraction of sp³-hybridized carbons (Fsp3) is 0.619. The van der Waals surface area contributed by atoms with Crippen molar-refractivity contribution in [2.24, 2.45) is 5.92 Å². The van der Waals surface area contributed by atoms with E-state index in [2.05, 4.69) is 0 Å². The minimum atomic E-state index is -0.879. The molecule has 1 aliphatic rings. The maximum Gasteiger partial charge on any atom is 0.259 e. The number of carbonyl (C=O) groups excluding carboxylic acids is 2. The van der Waals surface area contributed by atoms with E-state index in [4.69, 9.17) is 4.74 Å². The molecule has 2 amide bonds. The predicted octanol–water partition coefficient (Wildman–Crippen LogP) is 3.40. The molecule has 1 fully saturated rings. The average Bonchev–Trinajstić information content (AvgIpc) is 2.66. The molecule has 1 aromatic carbocycles. The van der Waals surface area contributed by atoms with Gasteiger partial charge in [0.15, 0.2) is 0 Å². The molecule has 0 saturated heterocycles. The summed E-state index contributed by atoms with van der Waals surface area (Å²) in [7, 11) is 4.67. The zero-order valence-electron chi connectivity index (χ0n) is 17.1. The van der Waals surface area contributed by atoms with Crippen molar-refractivity contribution in [1.29, 1.82) is 0 Å². The third-order valence-corrected chi connectivity index (χ3v) is 5.47. The first-order chi connectivity index (χ1) is 13.3. The predicted molar refractivity (Wildman–Crippen MR) is 103 cm³/mol. The summed E-state index contributed by atoms with van der Waals surface area (Å²) in [5.74, 6) is -2.41. The fourth-order valence-corrected chi connectivity index (χ4v) is 3.76. The normalized spacial score (nSPS) is 15.9. The number of carbonyl (C=O) groups is 2. The minimum Gasteiger partial charge on any atom is -0.371 e. The molecule has 28 heavy (non-hydrogen) atoms. The summed E-state index contributed by atoms with van der Waals surface area (Å²) >= 11 is 0. The number of methoxy groups -OCH3 is 1. The lowest BCUT2D eigenvalue weighted by atomic mass is 9.84. The number of nitrogens with zero attached hydrogens (tertiary/aromatic N) is 2. The molecule has 0 aliphatic heterocycles. The molecule has 0 radical (unpaired) electrons. The van der Waals surface area contributed by atoms with Gasteiger partial charge in [-0.3, -0.25) is 9.59 Å². The average molecular weight is 396 g/mol. The lowest BCUT2D eigenvalue weighted by Gasteiger charge is -2.32. The van der Waals surface area contributed by atoms with Crippen molar-refractivity contribution >= 4 is 11.8 Å². The molecule has 1 atom stereocenters. The van der Waals surface area contributed by atoms with E-state index in [0.717, 1.165) is 37.8 Å². The van der Waals surface area contributed by atoms with Crippen LogP contribution >= 0.6 is 0 Å². The fourth-order valence-electron chi connectivity index (χ4n) is 3.76. The van der Waals surface area contributed by atoms with Gasteiger partial charge in [-0.15, -0.1) is 0 Å². The van der Waals surface area contributed by atoms with E-state index in [9.17, 15) is 18.4 Å². The molecule has 2 rings (SSSR count). The summed E-state index contributed by atoms with van der Waals surface area (Å²) in [4.78, 5) is 27.9. The highest BCUT2D eigenvalue weighted by molar-refractivity contribution is 5.94. The summed E-state index contributed by atoms with van der Waals surface area (Å²) in [5, 5.41) is 0. The second-order valence-electron chi connectivity index (χ2n) is 7.64. The van der Waals surface area contributed by atoms with Gasteiger partial charge in [-0.05, 0) is 43.4 Å². The monoisotopic (exact) mass is 396 g/mol. The standard InChI is InChI=1S/C21H30F2N2O3/c1-14-12-16(22)18(17(23)13-14)20(26)24(2)10-11-25(3)21(27)19(28-4)15-8-6-5-7-9-15/h12-13,15,19H,5-11H2,1-4H3. The Kier molecular flexibility index (Phi) is 7.92. The van der Waals surface area contributed by atoms with Crippen molar-refractivity contribution in [1.82, 2.24) is 9.80 Å². The molecule has 7 heteroatoms. The molecule has 1 unspecified atom stereocenters. The highest BCUT2D eigenvalue weighted by atomic mass is 19.1. The van der Waals surface area contributed by atoms with Gasteiger partial charge >= 0.3 is 0 Å². The van der Waals surface area contributed by atoms with Crippen LogP contribution in [0.5, 0.6) is 0 Å². The number of rotatable bonds is 7. The van der Waals surface area contributed by atoms with Crippen LogP contribution in [0.4, 0.5) is 8.78 Å². The van der Waals surface area contributed by atoms with Crippen molar-refractivity contribution in [2.75, 3.05) is 34.3 Å². The molecular weight excluding hydrogens is 366 g/mol. The second-order valence-corrected chi connectivity index (χ2v) is 7.64. The Hall–Kier alpha value is -2.02. The van der Waals surface area contributed by atoms with E-state index >= 15 is 0 Å². The number of ether oxygens (including phenoxy) is 1. The number of hydrogen-bond acceptors (Lipinski definition) is 3. The Morgan fingerprint density at radius 2 is 1.61 bits per heavy atom. The number of benzene rings is 1. The van der Waals surface area contributed by atoms with Crippen molar-refractivity contribution in [3.63, 3.8) is 0 Å². The maximum absolute atomic E-state index is 14.0. The molecule has 0 N–H and O–H groups in total. The topological polar surface area (TPSA) is 49.9 Å². The molecule has 5 nitrogen and oxygen atoms in total. The van der Waals surface area contributed by atoms with Gasteiger partial charge in [0.2, 0.25) is 0 Å². The van der Waals surface area contributed by atoms with Crippen LogP contribution in [0.1, 0.15) is 48.0 Å². The van der Waals surface area contributed by atoms with Crippen LogP contribution in [-0.2, 0) is 9.53 Å². The number of amides is 2. The summed E-state index contributed by atoms with van der Waals surface area (Å²) in [5.41, 5.74) is -0.160. The van der Waals surface area contributed by atoms with Crippen LogP contribution in [-0.4, -0.2) is 62.0 Å². The molecule has 0 spiro atoms. The van der Waals surface area contributed by atoms with Crippen LogP contribution in [0.25, 0.3) is 0 Å². The third kappa shape index (κ3) is 5.28. The summed E-state index contributed by atoms with van der Waals surface area (Å²) in [6.07, 6.45) is 4.86. The SMILES string of the molecule is COC(C(=O)N(C)CCN(C)C(=O)c1c(F)cc(C)cc1F)C1CCCCC1.